The van der Waals surface area contributed by atoms with Gasteiger partial charge in [0.2, 0.25) is 47.3 Å². The van der Waals surface area contributed by atoms with Crippen LogP contribution in [0.4, 0.5) is 10.5 Å². The lowest BCUT2D eigenvalue weighted by atomic mass is 9.85. The number of Topliss-reactive ketones (excluding diaryl/α,β-unsaturated/α-hetero) is 2. The van der Waals surface area contributed by atoms with Crippen LogP contribution in [0.2, 0.25) is 0 Å². The first kappa shape index (κ1) is 94.9. The van der Waals surface area contributed by atoms with E-state index >= 15 is 0 Å². The molecule has 13 atom stereocenters. The molecule has 110 heavy (non-hydrogen) atoms. The number of rotatable bonds is 53. The van der Waals surface area contributed by atoms with Crippen LogP contribution in [0.15, 0.2) is 54.6 Å². The van der Waals surface area contributed by atoms with Gasteiger partial charge in [-0.05, 0) is 126 Å². The quantitative estimate of drug-likeness (QED) is 0.0332. The fourth-order valence-electron chi connectivity index (χ4n) is 14.9. The normalized spacial score (nSPS) is 17.9. The van der Waals surface area contributed by atoms with Gasteiger partial charge in [0.15, 0.2) is 5.78 Å². The maximum Gasteiger partial charge on any atom is 0.312 e. The monoisotopic (exact) mass is 1550 g/mol. The minimum atomic E-state index is -0.897. The van der Waals surface area contributed by atoms with Crippen LogP contribution in [0.1, 0.15) is 170 Å². The molecule has 2 aliphatic heterocycles. The molecule has 28 nitrogen and oxygen atoms in total. The summed E-state index contributed by atoms with van der Waals surface area (Å²) >= 11 is 0. The Morgan fingerprint density at radius 1 is 0.609 bits per heavy atom. The van der Waals surface area contributed by atoms with E-state index in [9.17, 15) is 52.7 Å². The number of urea groups is 1. The van der Waals surface area contributed by atoms with Crippen LogP contribution in [0.3, 0.4) is 0 Å². The van der Waals surface area contributed by atoms with Crippen LogP contribution in [0.25, 0.3) is 0 Å². The van der Waals surface area contributed by atoms with Crippen molar-refractivity contribution in [3.63, 3.8) is 0 Å². The van der Waals surface area contributed by atoms with E-state index in [2.05, 4.69) is 31.9 Å². The minimum Gasteiger partial charge on any atom is -0.381 e. The van der Waals surface area contributed by atoms with Crippen LogP contribution in [0, 0.1) is 47.3 Å². The molecule has 0 aromatic heterocycles. The highest BCUT2D eigenvalue weighted by Crippen LogP contribution is 2.32. The molecule has 0 saturated carbocycles. The lowest BCUT2D eigenvalue weighted by molar-refractivity contribution is -0.148. The van der Waals surface area contributed by atoms with Crippen LogP contribution in [-0.4, -0.2) is 248 Å². The molecular weight excluding hydrogens is 1410 g/mol. The highest BCUT2D eigenvalue weighted by Gasteiger charge is 2.44. The zero-order valence-electron chi connectivity index (χ0n) is 68.8. The molecule has 28 heteroatoms. The molecule has 0 bridgehead atoms. The van der Waals surface area contributed by atoms with Gasteiger partial charge in [0.25, 0.3) is 0 Å². The summed E-state index contributed by atoms with van der Waals surface area (Å²) in [5.41, 5.74) is 7.31. The Labute approximate surface area is 654 Å². The number of anilines is 1. The van der Waals surface area contributed by atoms with Gasteiger partial charge in [-0.25, -0.2) is 4.79 Å². The third-order valence-corrected chi connectivity index (χ3v) is 21.3. The number of nitrogens with two attached hydrogens (primary N) is 1. The van der Waals surface area contributed by atoms with E-state index in [0.717, 1.165) is 5.56 Å². The molecule has 2 aliphatic rings. The molecule has 0 radical (unpaired) electrons. The fourth-order valence-corrected chi connectivity index (χ4v) is 14.9. The number of ether oxygens (including phenoxy) is 6. The van der Waals surface area contributed by atoms with Crippen molar-refractivity contribution in [1.82, 2.24) is 46.2 Å². The number of ketones is 2. The van der Waals surface area contributed by atoms with Crippen molar-refractivity contribution >= 4 is 70.5 Å². The Morgan fingerprint density at radius 2 is 1.22 bits per heavy atom. The Kier molecular flexibility index (Phi) is 43.6. The number of carbonyl (C=O) groups is 11. The van der Waals surface area contributed by atoms with Gasteiger partial charge in [0, 0.05) is 136 Å². The van der Waals surface area contributed by atoms with Crippen molar-refractivity contribution in [2.75, 3.05) is 120 Å². The topological polar surface area (TPSA) is 354 Å². The molecule has 2 heterocycles. The average molecular weight is 1550 g/mol. The zero-order chi connectivity index (χ0) is 81.6. The highest BCUT2D eigenvalue weighted by atomic mass is 16.5. The summed E-state index contributed by atoms with van der Waals surface area (Å²) in [5, 5.41) is 17.1. The number of nitrogens with zero attached hydrogens (tertiary/aromatic N) is 4. The SMILES string of the molecule is CC[C@H](C)[C@@H]([C@@H](CC(=O)N1CCC[C@H]1[C@H](OC)[C@@H](C)C(=O)C[C@@H](Cc1ccccc1)C(=O)NCc1ccc(NC(=O)[C@H](CCCNC(N)=O)CC(=O)[C@@H](NC(=O)CCOCCOCCCOCCCOCCC(=O)N2CCC(C(=O)NC)CC2C)C(C)C)cc1)OC)N(C)C(=O)[C@@H](NC(=O)[C@H](C(C)C)N(C)C)C(C)C. The lowest BCUT2D eigenvalue weighted by Gasteiger charge is -2.41. The third kappa shape index (κ3) is 32.0. The van der Waals surface area contributed by atoms with Gasteiger partial charge in [-0.2, -0.15) is 0 Å². The summed E-state index contributed by atoms with van der Waals surface area (Å²) in [6.07, 6.45) is 3.94. The smallest absolute Gasteiger partial charge is 0.312 e. The maximum absolute atomic E-state index is 14.7. The van der Waals surface area contributed by atoms with Crippen LogP contribution in [-0.2, 0) is 89.3 Å². The minimum absolute atomic E-state index is 0.00347. The first-order valence-electron chi connectivity index (χ1n) is 39.9. The van der Waals surface area contributed by atoms with Crippen molar-refractivity contribution in [2.45, 2.75) is 221 Å². The third-order valence-electron chi connectivity index (χ3n) is 21.3. The molecule has 2 unspecified atom stereocenters. The van der Waals surface area contributed by atoms with Gasteiger partial charge in [-0.3, -0.25) is 52.8 Å². The molecule has 2 fully saturated rings. The maximum atomic E-state index is 14.7. The molecule has 0 aliphatic carbocycles. The fraction of sp³-hybridized carbons (Fsp3) is 0.720. The number of amides is 10. The Morgan fingerprint density at radius 3 is 1.79 bits per heavy atom. The molecular formula is C82H135N11O17. The summed E-state index contributed by atoms with van der Waals surface area (Å²) in [6.45, 7) is 23.4. The van der Waals surface area contributed by atoms with E-state index in [1.807, 2.05) is 103 Å². The van der Waals surface area contributed by atoms with Crippen LogP contribution >= 0.6 is 0 Å². The van der Waals surface area contributed by atoms with Gasteiger partial charge in [-0.1, -0.05) is 111 Å². The number of carbonyl (C=O) groups excluding carboxylic acids is 11. The molecule has 0 spiro atoms. The molecule has 4 rings (SSSR count). The van der Waals surface area contributed by atoms with E-state index in [1.54, 1.807) is 68.9 Å². The van der Waals surface area contributed by atoms with E-state index in [4.69, 9.17) is 34.2 Å². The molecule has 2 saturated heterocycles. The first-order chi connectivity index (χ1) is 52.4. The largest absolute Gasteiger partial charge is 0.381 e. The predicted octanol–water partition coefficient (Wildman–Crippen LogP) is 6.87. The standard InChI is InChI=1S/C82H135N11O17/c1-17-56(8)75(91(14)81(103)73(54(4)5)89-80(102)74(55(6)7)90(12)13)68(105-15)51-71(98)93-37-22-28-65(93)76(106-16)58(10)66(94)50-63(48-59-25-19-18-20-26-59)78(100)86-52-60-29-31-64(32-30-60)87-79(101)61(27-21-36-85-82(83)104)49-67(95)72(53(2)3)88-69(96)34-43-110-46-45-109-42-24-40-107-39-23-41-108-44-35-70(97)92-38-33-62(47-57(92)9)77(99)84-11/h18-20,25-26,29-32,53-58,61-63,65,68,72-76H,17,21-24,27-28,33-52H2,1-16H3,(H,84,99)(H,86,100)(H,87,101)(H,88,96)(H,89,102)(H3,83,85,104)/t56-,57?,58-,61+,62?,63+,65-,68+,72-,73-,74-,75-,76+/m0/s1. The number of likely N-dealkylation sites (N-methyl/N-ethyl adjacent to an activating group) is 2. The van der Waals surface area contributed by atoms with Crippen LogP contribution < -0.4 is 37.6 Å². The molecule has 2 aromatic rings. The lowest BCUT2D eigenvalue weighted by Crippen LogP contribution is -2.59. The highest BCUT2D eigenvalue weighted by molar-refractivity contribution is 5.98. The van der Waals surface area contributed by atoms with E-state index in [0.29, 0.717) is 122 Å². The van der Waals surface area contributed by atoms with Gasteiger partial charge in [0.05, 0.1) is 75.6 Å². The number of benzene rings is 2. The van der Waals surface area contributed by atoms with E-state index in [-0.39, 0.29) is 147 Å². The van der Waals surface area contributed by atoms with Crippen molar-refractivity contribution in [3.05, 3.63) is 65.7 Å². The molecule has 2 aromatic carbocycles. The van der Waals surface area contributed by atoms with Crippen molar-refractivity contribution in [2.24, 2.45) is 53.1 Å². The zero-order valence-corrected chi connectivity index (χ0v) is 68.8. The van der Waals surface area contributed by atoms with Gasteiger partial charge in [-0.15, -0.1) is 0 Å². The molecule has 10 amide bonds. The number of hydrogen-bond acceptors (Lipinski definition) is 18. The number of primary amides is 1. The van der Waals surface area contributed by atoms with E-state index in [1.165, 1.54) is 14.2 Å². The Hall–Kier alpha value is -7.47. The second-order valence-corrected chi connectivity index (χ2v) is 31.0. The number of nitrogens with one attached hydrogen (secondary N) is 6. The molecule has 8 N–H and O–H groups in total. The number of methoxy groups -OCH3 is 2. The molecule has 620 valence electrons. The van der Waals surface area contributed by atoms with Crippen molar-refractivity contribution in [1.29, 1.82) is 0 Å². The Bertz CT molecular complexity index is 3150. The summed E-state index contributed by atoms with van der Waals surface area (Å²) in [6, 6.07) is 12.4. The van der Waals surface area contributed by atoms with Crippen molar-refractivity contribution in [3.8, 4) is 0 Å². The summed E-state index contributed by atoms with van der Waals surface area (Å²) in [7, 11) is 10.1. The summed E-state index contributed by atoms with van der Waals surface area (Å²) < 4.78 is 34.9. The van der Waals surface area contributed by atoms with Crippen molar-refractivity contribution < 1.29 is 81.2 Å². The van der Waals surface area contributed by atoms with Gasteiger partial charge in [0.1, 0.15) is 11.8 Å². The second kappa shape index (κ2) is 50.5. The number of likely N-dealkylation sites (tertiary alicyclic amines) is 2. The van der Waals surface area contributed by atoms with E-state index < -0.39 is 78.0 Å². The first-order valence-corrected chi connectivity index (χ1v) is 39.9. The number of piperidine rings is 1. The predicted molar refractivity (Wildman–Crippen MR) is 422 cm³/mol. The summed E-state index contributed by atoms with van der Waals surface area (Å²) in [5.74, 6) is -5.44. The van der Waals surface area contributed by atoms with Crippen LogP contribution in [0.5, 0.6) is 0 Å². The van der Waals surface area contributed by atoms with Gasteiger partial charge >= 0.3 is 6.03 Å². The summed E-state index contributed by atoms with van der Waals surface area (Å²) in [4.78, 5) is 156. The second-order valence-electron chi connectivity index (χ2n) is 31.0. The number of hydrogen-bond donors (Lipinski definition) is 7. The average Bonchev–Trinajstić information content (AvgIpc) is 1.17. The Balaban J connectivity index is 1.28. The van der Waals surface area contributed by atoms with Gasteiger partial charge < -0.3 is 80.8 Å².